The van der Waals surface area contributed by atoms with Gasteiger partial charge in [-0.05, 0) is 26.1 Å². The maximum atomic E-state index is 5.93. The fourth-order valence-corrected chi connectivity index (χ4v) is 2.32. The second-order valence-corrected chi connectivity index (χ2v) is 5.13. The summed E-state index contributed by atoms with van der Waals surface area (Å²) in [6.07, 6.45) is 0.0268. The molecule has 1 aromatic carbocycles. The lowest BCUT2D eigenvalue weighted by Crippen LogP contribution is -2.39. The molecule has 3 rings (SSSR count). The monoisotopic (exact) mass is 274 g/mol. The first kappa shape index (κ1) is 13.0. The van der Waals surface area contributed by atoms with Crippen LogP contribution < -0.4 is 9.47 Å². The molecule has 1 atom stereocenters. The predicted octanol–water partition coefficient (Wildman–Crippen LogP) is 2.25. The van der Waals surface area contributed by atoms with Crippen LogP contribution in [0.2, 0.25) is 0 Å². The third-order valence-corrected chi connectivity index (χ3v) is 3.19. The van der Waals surface area contributed by atoms with Crippen LogP contribution in [0.3, 0.4) is 0 Å². The van der Waals surface area contributed by atoms with Crippen molar-refractivity contribution in [2.75, 3.05) is 20.2 Å². The van der Waals surface area contributed by atoms with Crippen LogP contribution in [-0.4, -0.2) is 36.4 Å². The van der Waals surface area contributed by atoms with Crippen molar-refractivity contribution in [3.8, 4) is 11.5 Å². The Morgan fingerprint density at radius 2 is 2.10 bits per heavy atom. The SMILES string of the molecule is Cc1cc(CN(C)C[C@H]2COc3ccccc3O2)on1. The Kier molecular flexibility index (Phi) is 3.60. The van der Waals surface area contributed by atoms with Crippen LogP contribution in [0, 0.1) is 6.92 Å². The number of nitrogens with zero attached hydrogens (tertiary/aromatic N) is 2. The summed E-state index contributed by atoms with van der Waals surface area (Å²) in [5.41, 5.74) is 0.902. The van der Waals surface area contributed by atoms with Gasteiger partial charge in [0.15, 0.2) is 17.3 Å². The first-order valence-electron chi connectivity index (χ1n) is 6.70. The summed E-state index contributed by atoms with van der Waals surface area (Å²) in [6, 6.07) is 9.70. The summed E-state index contributed by atoms with van der Waals surface area (Å²) < 4.78 is 16.9. The number of aromatic nitrogens is 1. The Balaban J connectivity index is 1.56. The van der Waals surface area contributed by atoms with Gasteiger partial charge in [0.1, 0.15) is 12.7 Å². The lowest BCUT2D eigenvalue weighted by atomic mass is 10.2. The number of hydrogen-bond acceptors (Lipinski definition) is 5. The van der Waals surface area contributed by atoms with E-state index >= 15 is 0 Å². The molecule has 5 heteroatoms. The standard InChI is InChI=1S/C15H18N2O3/c1-11-7-12(20-16-11)8-17(2)9-13-10-18-14-5-3-4-6-15(14)19-13/h3-7,13H,8-10H2,1-2H3/t13-/m0/s1. The fourth-order valence-electron chi connectivity index (χ4n) is 2.32. The van der Waals surface area contributed by atoms with Crippen LogP contribution in [0.5, 0.6) is 11.5 Å². The summed E-state index contributed by atoms with van der Waals surface area (Å²) in [6.45, 7) is 3.97. The molecular formula is C15H18N2O3. The van der Waals surface area contributed by atoms with Crippen LogP contribution in [0.1, 0.15) is 11.5 Å². The summed E-state index contributed by atoms with van der Waals surface area (Å²) in [5, 5.41) is 3.89. The number of para-hydroxylation sites is 2. The maximum Gasteiger partial charge on any atom is 0.161 e. The number of ether oxygens (including phenoxy) is 2. The predicted molar refractivity (Wildman–Crippen MR) is 73.9 cm³/mol. The summed E-state index contributed by atoms with van der Waals surface area (Å²) in [5.74, 6) is 2.49. The highest BCUT2D eigenvalue weighted by molar-refractivity contribution is 5.40. The Labute approximate surface area is 118 Å². The van der Waals surface area contributed by atoms with Gasteiger partial charge in [-0.2, -0.15) is 0 Å². The van der Waals surface area contributed by atoms with Crippen molar-refractivity contribution in [2.24, 2.45) is 0 Å². The Hall–Kier alpha value is -2.01. The van der Waals surface area contributed by atoms with Gasteiger partial charge in [0.2, 0.25) is 0 Å². The molecule has 2 aromatic rings. The molecular weight excluding hydrogens is 256 g/mol. The van der Waals surface area contributed by atoms with Crippen LogP contribution in [0.4, 0.5) is 0 Å². The Morgan fingerprint density at radius 1 is 1.30 bits per heavy atom. The molecule has 0 unspecified atom stereocenters. The number of hydrogen-bond donors (Lipinski definition) is 0. The van der Waals surface area contributed by atoms with E-state index in [0.717, 1.165) is 29.5 Å². The fraction of sp³-hybridized carbons (Fsp3) is 0.400. The first-order valence-corrected chi connectivity index (χ1v) is 6.70. The minimum absolute atomic E-state index is 0.0268. The van der Waals surface area contributed by atoms with Gasteiger partial charge in [0, 0.05) is 12.6 Å². The first-order chi connectivity index (χ1) is 9.70. The number of rotatable bonds is 4. The van der Waals surface area contributed by atoms with Gasteiger partial charge < -0.3 is 14.0 Å². The van der Waals surface area contributed by atoms with Crippen molar-refractivity contribution < 1.29 is 14.0 Å². The molecule has 0 amide bonds. The summed E-state index contributed by atoms with van der Waals surface area (Å²) in [7, 11) is 2.03. The van der Waals surface area contributed by atoms with Gasteiger partial charge in [-0.15, -0.1) is 0 Å². The van der Waals surface area contributed by atoms with E-state index in [2.05, 4.69) is 10.1 Å². The van der Waals surface area contributed by atoms with Gasteiger partial charge in [0.25, 0.3) is 0 Å². The zero-order valence-corrected chi connectivity index (χ0v) is 11.7. The van der Waals surface area contributed by atoms with E-state index in [1.807, 2.05) is 44.3 Å². The van der Waals surface area contributed by atoms with Crippen LogP contribution in [0.15, 0.2) is 34.9 Å². The highest BCUT2D eigenvalue weighted by Gasteiger charge is 2.22. The molecule has 0 spiro atoms. The van der Waals surface area contributed by atoms with E-state index in [1.54, 1.807) is 0 Å². The second-order valence-electron chi connectivity index (χ2n) is 5.13. The average Bonchev–Trinajstić information content (AvgIpc) is 2.83. The molecule has 0 saturated heterocycles. The van der Waals surface area contributed by atoms with Gasteiger partial charge in [-0.3, -0.25) is 4.90 Å². The van der Waals surface area contributed by atoms with Crippen molar-refractivity contribution in [1.82, 2.24) is 10.1 Å². The smallest absolute Gasteiger partial charge is 0.161 e. The van der Waals surface area contributed by atoms with Crippen molar-refractivity contribution in [3.05, 3.63) is 41.8 Å². The van der Waals surface area contributed by atoms with Gasteiger partial charge in [-0.25, -0.2) is 0 Å². The van der Waals surface area contributed by atoms with E-state index in [0.29, 0.717) is 13.2 Å². The van der Waals surface area contributed by atoms with Crippen molar-refractivity contribution in [1.29, 1.82) is 0 Å². The zero-order valence-electron chi connectivity index (χ0n) is 11.7. The number of benzene rings is 1. The Morgan fingerprint density at radius 3 is 2.85 bits per heavy atom. The Bertz CT molecular complexity index is 582. The second kappa shape index (κ2) is 5.54. The lowest BCUT2D eigenvalue weighted by Gasteiger charge is -2.29. The highest BCUT2D eigenvalue weighted by Crippen LogP contribution is 2.30. The van der Waals surface area contributed by atoms with Crippen LogP contribution in [-0.2, 0) is 6.54 Å². The average molecular weight is 274 g/mol. The van der Waals surface area contributed by atoms with E-state index < -0.39 is 0 Å². The van der Waals surface area contributed by atoms with Crippen LogP contribution in [0.25, 0.3) is 0 Å². The molecule has 5 nitrogen and oxygen atoms in total. The molecule has 106 valence electrons. The number of fused-ring (bicyclic) bond motifs is 1. The van der Waals surface area contributed by atoms with Crippen molar-refractivity contribution >= 4 is 0 Å². The molecule has 0 bridgehead atoms. The maximum absolute atomic E-state index is 5.93. The minimum atomic E-state index is 0.0268. The molecule has 20 heavy (non-hydrogen) atoms. The summed E-state index contributed by atoms with van der Waals surface area (Å²) >= 11 is 0. The van der Waals surface area contributed by atoms with E-state index in [1.165, 1.54) is 0 Å². The number of aryl methyl sites for hydroxylation is 1. The largest absolute Gasteiger partial charge is 0.486 e. The molecule has 0 fully saturated rings. The molecule has 0 aliphatic carbocycles. The van der Waals surface area contributed by atoms with E-state index in [-0.39, 0.29) is 6.10 Å². The van der Waals surface area contributed by atoms with Crippen molar-refractivity contribution in [3.63, 3.8) is 0 Å². The van der Waals surface area contributed by atoms with Crippen LogP contribution >= 0.6 is 0 Å². The van der Waals surface area contributed by atoms with Gasteiger partial charge >= 0.3 is 0 Å². The molecule has 2 heterocycles. The third-order valence-electron chi connectivity index (χ3n) is 3.19. The third kappa shape index (κ3) is 2.93. The zero-order chi connectivity index (χ0) is 13.9. The van der Waals surface area contributed by atoms with E-state index in [4.69, 9.17) is 14.0 Å². The molecule has 0 N–H and O–H groups in total. The molecule has 1 aliphatic heterocycles. The van der Waals surface area contributed by atoms with Gasteiger partial charge in [0.05, 0.1) is 12.2 Å². The number of likely N-dealkylation sites (N-methyl/N-ethyl adjacent to an activating group) is 1. The highest BCUT2D eigenvalue weighted by atomic mass is 16.6. The normalized spacial score (nSPS) is 17.4. The molecule has 0 radical (unpaired) electrons. The quantitative estimate of drug-likeness (QED) is 0.856. The van der Waals surface area contributed by atoms with Crippen molar-refractivity contribution in [2.45, 2.75) is 19.6 Å². The molecule has 0 saturated carbocycles. The van der Waals surface area contributed by atoms with Gasteiger partial charge in [-0.1, -0.05) is 17.3 Å². The topological polar surface area (TPSA) is 47.7 Å². The molecule has 1 aromatic heterocycles. The summed E-state index contributed by atoms with van der Waals surface area (Å²) in [4.78, 5) is 2.14. The minimum Gasteiger partial charge on any atom is -0.486 e. The van der Waals surface area contributed by atoms with E-state index in [9.17, 15) is 0 Å². The lowest BCUT2D eigenvalue weighted by molar-refractivity contribution is 0.0618. The molecule has 1 aliphatic rings.